The molecule has 114 valence electrons. The van der Waals surface area contributed by atoms with Gasteiger partial charge in [-0.25, -0.2) is 4.79 Å². The average molecular weight is 292 g/mol. The molecule has 2 atom stereocenters. The van der Waals surface area contributed by atoms with Crippen molar-refractivity contribution in [2.45, 2.75) is 12.5 Å². The standard InChI is InChI=1S/C16H20O5/c1-19-14(16(18)21-3)13(15(17)20-2)11-7-10-12-8-5-4-6-9-12/h4-10,13-14H,11H2,1-3H3/t13?,14-/m0/s1. The van der Waals surface area contributed by atoms with Crippen LogP contribution >= 0.6 is 0 Å². The third kappa shape index (κ3) is 5.04. The van der Waals surface area contributed by atoms with Crippen LogP contribution in [0.25, 0.3) is 6.08 Å². The number of allylic oxidation sites excluding steroid dienone is 1. The van der Waals surface area contributed by atoms with Crippen molar-refractivity contribution in [2.75, 3.05) is 21.3 Å². The van der Waals surface area contributed by atoms with E-state index in [1.807, 2.05) is 42.5 Å². The van der Waals surface area contributed by atoms with Crippen LogP contribution in [0.2, 0.25) is 0 Å². The van der Waals surface area contributed by atoms with Gasteiger partial charge >= 0.3 is 11.9 Å². The van der Waals surface area contributed by atoms with Gasteiger partial charge in [0.15, 0.2) is 6.10 Å². The predicted octanol–water partition coefficient (Wildman–Crippen LogP) is 2.07. The van der Waals surface area contributed by atoms with Gasteiger partial charge in [0.05, 0.1) is 20.1 Å². The molecule has 1 unspecified atom stereocenters. The number of carbonyl (C=O) groups excluding carboxylic acids is 2. The Balaban J connectivity index is 2.81. The highest BCUT2D eigenvalue weighted by atomic mass is 16.6. The summed E-state index contributed by atoms with van der Waals surface area (Å²) in [6, 6.07) is 9.65. The van der Waals surface area contributed by atoms with Gasteiger partial charge in [0.25, 0.3) is 0 Å². The van der Waals surface area contributed by atoms with Gasteiger partial charge in [-0.1, -0.05) is 42.5 Å². The summed E-state index contributed by atoms with van der Waals surface area (Å²) in [6.45, 7) is 0. The van der Waals surface area contributed by atoms with E-state index in [1.165, 1.54) is 21.3 Å². The molecule has 0 spiro atoms. The topological polar surface area (TPSA) is 61.8 Å². The summed E-state index contributed by atoms with van der Waals surface area (Å²) in [5.41, 5.74) is 1.01. The molecule has 0 fully saturated rings. The number of hydrogen-bond acceptors (Lipinski definition) is 5. The summed E-state index contributed by atoms with van der Waals surface area (Å²) in [6.07, 6.45) is 3.02. The Morgan fingerprint density at radius 3 is 2.19 bits per heavy atom. The Labute approximate surface area is 124 Å². The van der Waals surface area contributed by atoms with Crippen LogP contribution in [0.5, 0.6) is 0 Å². The Morgan fingerprint density at radius 1 is 1.05 bits per heavy atom. The highest BCUT2D eigenvalue weighted by Crippen LogP contribution is 2.17. The molecule has 21 heavy (non-hydrogen) atoms. The molecule has 0 aliphatic heterocycles. The number of benzene rings is 1. The van der Waals surface area contributed by atoms with Crippen molar-refractivity contribution >= 4 is 18.0 Å². The Bertz CT molecular complexity index is 481. The van der Waals surface area contributed by atoms with Gasteiger partial charge in [0, 0.05) is 7.11 Å². The maximum atomic E-state index is 11.8. The van der Waals surface area contributed by atoms with Crippen molar-refractivity contribution in [3.05, 3.63) is 42.0 Å². The lowest BCUT2D eigenvalue weighted by atomic mass is 9.97. The predicted molar refractivity (Wildman–Crippen MR) is 78.4 cm³/mol. The van der Waals surface area contributed by atoms with Crippen molar-refractivity contribution in [3.8, 4) is 0 Å². The molecular formula is C16H20O5. The van der Waals surface area contributed by atoms with E-state index in [4.69, 9.17) is 9.47 Å². The minimum absolute atomic E-state index is 0.315. The molecule has 1 aromatic carbocycles. The Morgan fingerprint density at radius 2 is 1.67 bits per heavy atom. The summed E-state index contributed by atoms with van der Waals surface area (Å²) in [4.78, 5) is 23.5. The fraction of sp³-hybridized carbons (Fsp3) is 0.375. The molecule has 0 heterocycles. The molecule has 0 amide bonds. The molecule has 0 N–H and O–H groups in total. The number of methoxy groups -OCH3 is 3. The first kappa shape index (κ1) is 16.9. The van der Waals surface area contributed by atoms with Crippen LogP contribution in [-0.2, 0) is 23.8 Å². The van der Waals surface area contributed by atoms with E-state index in [-0.39, 0.29) is 0 Å². The van der Waals surface area contributed by atoms with Crippen molar-refractivity contribution < 1.29 is 23.8 Å². The first-order valence-electron chi connectivity index (χ1n) is 6.54. The zero-order chi connectivity index (χ0) is 15.7. The highest BCUT2D eigenvalue weighted by Gasteiger charge is 2.34. The lowest BCUT2D eigenvalue weighted by Crippen LogP contribution is -2.37. The molecular weight excluding hydrogens is 272 g/mol. The third-order valence-corrected chi connectivity index (χ3v) is 3.06. The smallest absolute Gasteiger partial charge is 0.335 e. The van der Waals surface area contributed by atoms with Crippen molar-refractivity contribution in [1.82, 2.24) is 0 Å². The second-order valence-electron chi connectivity index (χ2n) is 4.36. The van der Waals surface area contributed by atoms with Crippen LogP contribution in [-0.4, -0.2) is 39.4 Å². The lowest BCUT2D eigenvalue weighted by molar-refractivity contribution is -0.165. The number of rotatable bonds is 7. The molecule has 0 bridgehead atoms. The number of esters is 2. The minimum atomic E-state index is -0.983. The van der Waals surface area contributed by atoms with Crippen LogP contribution in [0.3, 0.4) is 0 Å². The molecule has 1 aromatic rings. The lowest BCUT2D eigenvalue weighted by Gasteiger charge is -2.20. The van der Waals surface area contributed by atoms with Gasteiger partial charge in [0.2, 0.25) is 0 Å². The Hall–Kier alpha value is -2.14. The number of ether oxygens (including phenoxy) is 3. The van der Waals surface area contributed by atoms with Crippen molar-refractivity contribution in [2.24, 2.45) is 5.92 Å². The van der Waals surface area contributed by atoms with Gasteiger partial charge in [-0.3, -0.25) is 4.79 Å². The van der Waals surface area contributed by atoms with E-state index in [1.54, 1.807) is 0 Å². The summed E-state index contributed by atoms with van der Waals surface area (Å²) >= 11 is 0. The maximum absolute atomic E-state index is 11.8. The fourth-order valence-electron chi connectivity index (χ4n) is 1.95. The summed E-state index contributed by atoms with van der Waals surface area (Å²) in [5.74, 6) is -1.85. The first-order chi connectivity index (χ1) is 10.1. The quantitative estimate of drug-likeness (QED) is 0.720. The van der Waals surface area contributed by atoms with E-state index in [9.17, 15) is 9.59 Å². The van der Waals surface area contributed by atoms with Crippen molar-refractivity contribution in [1.29, 1.82) is 0 Å². The number of carbonyl (C=O) groups is 2. The third-order valence-electron chi connectivity index (χ3n) is 3.06. The molecule has 0 saturated carbocycles. The van der Waals surface area contributed by atoms with Gasteiger partial charge < -0.3 is 14.2 Å². The van der Waals surface area contributed by atoms with E-state index >= 15 is 0 Å². The van der Waals surface area contributed by atoms with E-state index in [0.29, 0.717) is 6.42 Å². The van der Waals surface area contributed by atoms with E-state index in [2.05, 4.69) is 4.74 Å². The van der Waals surface area contributed by atoms with Gasteiger partial charge in [-0.15, -0.1) is 0 Å². The Kier molecular flexibility index (Phi) is 7.18. The number of hydrogen-bond donors (Lipinski definition) is 0. The maximum Gasteiger partial charge on any atom is 0.335 e. The molecule has 5 heteroatoms. The molecule has 0 aliphatic carbocycles. The van der Waals surface area contributed by atoms with Crippen LogP contribution in [0.4, 0.5) is 0 Å². The minimum Gasteiger partial charge on any atom is -0.469 e. The SMILES string of the molecule is COC(=O)C(CC=Cc1ccccc1)[C@H](OC)C(=O)OC. The van der Waals surface area contributed by atoms with Gasteiger partial charge in [-0.2, -0.15) is 0 Å². The zero-order valence-corrected chi connectivity index (χ0v) is 12.4. The van der Waals surface area contributed by atoms with Crippen molar-refractivity contribution in [3.63, 3.8) is 0 Å². The first-order valence-corrected chi connectivity index (χ1v) is 6.54. The van der Waals surface area contributed by atoms with E-state index < -0.39 is 24.0 Å². The summed E-state index contributed by atoms with van der Waals surface area (Å²) in [5, 5.41) is 0. The van der Waals surface area contributed by atoms with Gasteiger partial charge in [-0.05, 0) is 12.0 Å². The normalized spacial score (nSPS) is 13.7. The fourth-order valence-corrected chi connectivity index (χ4v) is 1.95. The molecule has 1 rings (SSSR count). The summed E-state index contributed by atoms with van der Waals surface area (Å²) in [7, 11) is 3.89. The molecule has 5 nitrogen and oxygen atoms in total. The second-order valence-corrected chi connectivity index (χ2v) is 4.36. The van der Waals surface area contributed by atoms with Crippen LogP contribution in [0.15, 0.2) is 36.4 Å². The summed E-state index contributed by atoms with van der Waals surface area (Å²) < 4.78 is 14.5. The average Bonchev–Trinajstić information content (AvgIpc) is 2.54. The van der Waals surface area contributed by atoms with E-state index in [0.717, 1.165) is 5.56 Å². The monoisotopic (exact) mass is 292 g/mol. The second kappa shape index (κ2) is 8.92. The molecule has 0 radical (unpaired) electrons. The van der Waals surface area contributed by atoms with Crippen LogP contribution in [0.1, 0.15) is 12.0 Å². The van der Waals surface area contributed by atoms with Crippen LogP contribution in [0, 0.1) is 5.92 Å². The largest absolute Gasteiger partial charge is 0.469 e. The zero-order valence-electron chi connectivity index (χ0n) is 12.4. The molecule has 0 aromatic heterocycles. The van der Waals surface area contributed by atoms with Gasteiger partial charge in [0.1, 0.15) is 0 Å². The molecule has 0 aliphatic rings. The van der Waals surface area contributed by atoms with Crippen LogP contribution < -0.4 is 0 Å². The highest BCUT2D eigenvalue weighted by molar-refractivity contribution is 5.84. The molecule has 0 saturated heterocycles.